The SMILES string of the molecule is COc1ccc(NC(=O)Cn2cc(NC(=O)c3cc(Cl)c(OC)c(OC)c3)cn2)cc1. The quantitative estimate of drug-likeness (QED) is 0.551. The second-order valence-electron chi connectivity index (χ2n) is 6.35. The van der Waals surface area contributed by atoms with E-state index in [0.29, 0.717) is 28.6 Å². The zero-order chi connectivity index (χ0) is 22.4. The van der Waals surface area contributed by atoms with Crippen LogP contribution >= 0.6 is 11.6 Å². The molecule has 31 heavy (non-hydrogen) atoms. The molecule has 2 N–H and O–H groups in total. The fraction of sp³-hybridized carbons (Fsp3) is 0.190. The lowest BCUT2D eigenvalue weighted by Crippen LogP contribution is -2.19. The second-order valence-corrected chi connectivity index (χ2v) is 6.76. The Balaban J connectivity index is 1.62. The summed E-state index contributed by atoms with van der Waals surface area (Å²) < 4.78 is 16.9. The van der Waals surface area contributed by atoms with Gasteiger partial charge in [-0.1, -0.05) is 11.6 Å². The fourth-order valence-electron chi connectivity index (χ4n) is 2.79. The first kappa shape index (κ1) is 22.0. The molecule has 1 aromatic heterocycles. The van der Waals surface area contributed by atoms with Crippen molar-refractivity contribution in [1.29, 1.82) is 0 Å². The van der Waals surface area contributed by atoms with Crippen molar-refractivity contribution in [2.75, 3.05) is 32.0 Å². The molecule has 0 saturated carbocycles. The number of carbonyl (C=O) groups excluding carboxylic acids is 2. The minimum atomic E-state index is -0.412. The molecule has 0 aliphatic rings. The minimum Gasteiger partial charge on any atom is -0.497 e. The molecule has 2 amide bonds. The number of amides is 2. The Bertz CT molecular complexity index is 1080. The largest absolute Gasteiger partial charge is 0.497 e. The molecule has 3 aromatic rings. The Morgan fingerprint density at radius 3 is 2.39 bits per heavy atom. The molecule has 0 atom stereocenters. The zero-order valence-corrected chi connectivity index (χ0v) is 17.9. The highest BCUT2D eigenvalue weighted by Crippen LogP contribution is 2.36. The van der Waals surface area contributed by atoms with E-state index in [4.69, 9.17) is 25.8 Å². The predicted octanol–water partition coefficient (Wildman–Crippen LogP) is 3.45. The van der Waals surface area contributed by atoms with Gasteiger partial charge in [-0.15, -0.1) is 0 Å². The summed E-state index contributed by atoms with van der Waals surface area (Å²) in [5.41, 5.74) is 1.35. The third-order valence-corrected chi connectivity index (χ3v) is 4.55. The maximum atomic E-state index is 12.6. The van der Waals surface area contributed by atoms with Crippen LogP contribution in [0.25, 0.3) is 0 Å². The van der Waals surface area contributed by atoms with E-state index < -0.39 is 5.91 Å². The summed E-state index contributed by atoms with van der Waals surface area (Å²) in [6.45, 7) is -0.0237. The van der Waals surface area contributed by atoms with E-state index in [1.807, 2.05) is 0 Å². The second kappa shape index (κ2) is 9.86. The lowest BCUT2D eigenvalue weighted by Gasteiger charge is -2.11. The van der Waals surface area contributed by atoms with Gasteiger partial charge in [0.1, 0.15) is 12.3 Å². The van der Waals surface area contributed by atoms with E-state index in [1.165, 1.54) is 37.2 Å². The summed E-state index contributed by atoms with van der Waals surface area (Å²) in [6, 6.07) is 9.96. The summed E-state index contributed by atoms with van der Waals surface area (Å²) in [5.74, 6) is 0.701. The van der Waals surface area contributed by atoms with Crippen molar-refractivity contribution in [2.24, 2.45) is 0 Å². The lowest BCUT2D eigenvalue weighted by molar-refractivity contribution is -0.116. The number of hydrogen-bond acceptors (Lipinski definition) is 6. The highest BCUT2D eigenvalue weighted by molar-refractivity contribution is 6.32. The number of benzene rings is 2. The summed E-state index contributed by atoms with van der Waals surface area (Å²) >= 11 is 6.15. The number of anilines is 2. The molecule has 3 rings (SSSR count). The first-order valence-electron chi connectivity index (χ1n) is 9.12. The van der Waals surface area contributed by atoms with Crippen LogP contribution in [0, 0.1) is 0 Å². The Kier molecular flexibility index (Phi) is 6.99. The molecule has 0 aliphatic heterocycles. The van der Waals surface area contributed by atoms with E-state index in [2.05, 4.69) is 15.7 Å². The Labute approximate surface area is 183 Å². The highest BCUT2D eigenvalue weighted by Gasteiger charge is 2.16. The maximum Gasteiger partial charge on any atom is 0.255 e. The molecular weight excluding hydrogens is 424 g/mol. The molecular formula is C21H21ClN4O5. The number of aromatic nitrogens is 2. The van der Waals surface area contributed by atoms with Crippen molar-refractivity contribution in [3.8, 4) is 17.2 Å². The van der Waals surface area contributed by atoms with Crippen LogP contribution in [0.1, 0.15) is 10.4 Å². The van der Waals surface area contributed by atoms with E-state index >= 15 is 0 Å². The van der Waals surface area contributed by atoms with Crippen molar-refractivity contribution in [2.45, 2.75) is 6.54 Å². The van der Waals surface area contributed by atoms with Crippen molar-refractivity contribution in [3.63, 3.8) is 0 Å². The molecule has 1 heterocycles. The van der Waals surface area contributed by atoms with Gasteiger partial charge in [0.25, 0.3) is 5.91 Å². The number of carbonyl (C=O) groups is 2. The van der Waals surface area contributed by atoms with Crippen LogP contribution in [0.15, 0.2) is 48.8 Å². The van der Waals surface area contributed by atoms with Crippen LogP contribution in [-0.2, 0) is 11.3 Å². The third kappa shape index (κ3) is 5.46. The number of halogens is 1. The van der Waals surface area contributed by atoms with Crippen LogP contribution in [0.4, 0.5) is 11.4 Å². The maximum absolute atomic E-state index is 12.6. The van der Waals surface area contributed by atoms with E-state index in [1.54, 1.807) is 37.6 Å². The van der Waals surface area contributed by atoms with Crippen LogP contribution in [0.5, 0.6) is 17.2 Å². The molecule has 0 bridgehead atoms. The fourth-order valence-corrected chi connectivity index (χ4v) is 3.08. The number of ether oxygens (including phenoxy) is 3. The topological polar surface area (TPSA) is 104 Å². The predicted molar refractivity (Wildman–Crippen MR) is 116 cm³/mol. The molecule has 9 nitrogen and oxygen atoms in total. The van der Waals surface area contributed by atoms with Gasteiger partial charge < -0.3 is 24.8 Å². The molecule has 0 aliphatic carbocycles. The standard InChI is InChI=1S/C21H21ClN4O5/c1-29-16-6-4-14(5-7-16)24-19(27)12-26-11-15(10-23-26)25-21(28)13-8-17(22)20(31-3)18(9-13)30-2/h4-11H,12H2,1-3H3,(H,24,27)(H,25,28). The van der Waals surface area contributed by atoms with Gasteiger partial charge in [-0.3, -0.25) is 14.3 Å². The number of rotatable bonds is 8. The van der Waals surface area contributed by atoms with Gasteiger partial charge in [-0.05, 0) is 36.4 Å². The monoisotopic (exact) mass is 444 g/mol. The third-order valence-electron chi connectivity index (χ3n) is 4.27. The molecule has 0 spiro atoms. The van der Waals surface area contributed by atoms with Gasteiger partial charge in [0, 0.05) is 17.4 Å². The van der Waals surface area contributed by atoms with Gasteiger partial charge in [0.05, 0.1) is 38.2 Å². The van der Waals surface area contributed by atoms with Crippen LogP contribution in [0.3, 0.4) is 0 Å². The summed E-state index contributed by atoms with van der Waals surface area (Å²) in [4.78, 5) is 24.8. The zero-order valence-electron chi connectivity index (χ0n) is 17.1. The van der Waals surface area contributed by atoms with Crippen molar-refractivity contribution < 1.29 is 23.8 Å². The smallest absolute Gasteiger partial charge is 0.255 e. The highest BCUT2D eigenvalue weighted by atomic mass is 35.5. The number of methoxy groups -OCH3 is 3. The molecule has 2 aromatic carbocycles. The van der Waals surface area contributed by atoms with Crippen LogP contribution in [-0.4, -0.2) is 42.9 Å². The number of hydrogen-bond donors (Lipinski definition) is 2. The normalized spacial score (nSPS) is 10.3. The van der Waals surface area contributed by atoms with E-state index in [9.17, 15) is 9.59 Å². The first-order chi connectivity index (χ1) is 14.9. The Morgan fingerprint density at radius 2 is 1.74 bits per heavy atom. The number of nitrogens with one attached hydrogen (secondary N) is 2. The minimum absolute atomic E-state index is 0.0237. The van der Waals surface area contributed by atoms with Gasteiger partial charge in [0.15, 0.2) is 11.5 Å². The van der Waals surface area contributed by atoms with Crippen LogP contribution < -0.4 is 24.8 Å². The van der Waals surface area contributed by atoms with Gasteiger partial charge in [-0.25, -0.2) is 0 Å². The van der Waals surface area contributed by atoms with E-state index in [0.717, 1.165) is 0 Å². The van der Waals surface area contributed by atoms with Gasteiger partial charge in [-0.2, -0.15) is 5.10 Å². The molecule has 0 fully saturated rings. The summed E-state index contributed by atoms with van der Waals surface area (Å²) in [5, 5.41) is 9.82. The van der Waals surface area contributed by atoms with E-state index in [-0.39, 0.29) is 23.0 Å². The van der Waals surface area contributed by atoms with Gasteiger partial charge in [0.2, 0.25) is 5.91 Å². The average Bonchev–Trinajstić information content (AvgIpc) is 3.19. The van der Waals surface area contributed by atoms with Crippen molar-refractivity contribution >= 4 is 34.8 Å². The first-order valence-corrected chi connectivity index (χ1v) is 9.50. The number of nitrogens with zero attached hydrogens (tertiary/aromatic N) is 2. The van der Waals surface area contributed by atoms with Gasteiger partial charge >= 0.3 is 0 Å². The Hall–Kier alpha value is -3.72. The van der Waals surface area contributed by atoms with Crippen LogP contribution in [0.2, 0.25) is 5.02 Å². The molecule has 162 valence electrons. The average molecular weight is 445 g/mol. The molecule has 10 heteroatoms. The molecule has 0 radical (unpaired) electrons. The lowest BCUT2D eigenvalue weighted by atomic mass is 10.2. The molecule has 0 unspecified atom stereocenters. The summed E-state index contributed by atoms with van der Waals surface area (Å²) in [7, 11) is 4.49. The summed E-state index contributed by atoms with van der Waals surface area (Å²) in [6.07, 6.45) is 2.99. The van der Waals surface area contributed by atoms with Crippen molar-refractivity contribution in [1.82, 2.24) is 9.78 Å². The van der Waals surface area contributed by atoms with Crippen molar-refractivity contribution in [3.05, 3.63) is 59.4 Å². The Morgan fingerprint density at radius 1 is 1.00 bits per heavy atom. The molecule has 0 saturated heterocycles.